The third kappa shape index (κ3) is 6.35. The number of benzene rings is 2. The first kappa shape index (κ1) is 25.1. The van der Waals surface area contributed by atoms with Gasteiger partial charge in [0.1, 0.15) is 29.1 Å². The van der Waals surface area contributed by atoms with Gasteiger partial charge in [0.15, 0.2) is 0 Å². The minimum Gasteiger partial charge on any atom is -0.491 e. The lowest BCUT2D eigenvalue weighted by Crippen LogP contribution is -2.38. The molecule has 2 heterocycles. The van der Waals surface area contributed by atoms with Crippen molar-refractivity contribution in [1.82, 2.24) is 14.9 Å². The minimum atomic E-state index is -0.711. The second-order valence-electron chi connectivity index (χ2n) is 8.67. The van der Waals surface area contributed by atoms with Crippen molar-refractivity contribution in [2.75, 3.05) is 33.4 Å². The number of thiophene rings is 1. The molecule has 2 aromatic heterocycles. The summed E-state index contributed by atoms with van der Waals surface area (Å²) in [5, 5.41) is 13.2. The van der Waals surface area contributed by atoms with E-state index in [-0.39, 0.29) is 12.2 Å². The van der Waals surface area contributed by atoms with Gasteiger partial charge in [-0.05, 0) is 31.0 Å². The van der Waals surface area contributed by atoms with E-state index < -0.39 is 6.10 Å². The molecule has 0 fully saturated rings. The van der Waals surface area contributed by atoms with Gasteiger partial charge in [-0.25, -0.2) is 4.98 Å². The summed E-state index contributed by atoms with van der Waals surface area (Å²) < 4.78 is 11.0. The maximum Gasteiger partial charge on any atom is 0.260 e. The van der Waals surface area contributed by atoms with Gasteiger partial charge < -0.3 is 19.6 Å². The Morgan fingerprint density at radius 2 is 1.91 bits per heavy atom. The molecule has 0 bridgehead atoms. The molecule has 0 aliphatic carbocycles. The van der Waals surface area contributed by atoms with Crippen LogP contribution in [0.4, 0.5) is 0 Å². The van der Waals surface area contributed by atoms with Crippen LogP contribution in [0.3, 0.4) is 0 Å². The standard InChI is InChI=1S/C27H31N3O4S/c1-18-8-10-20(11-9-18)22-17-35-27-25(22)26(32)28-24(29-27)15-30(12-13-33-3)14-21(31)16-34-23-7-5-4-6-19(23)2/h4-11,17,21,31H,12-16H2,1-3H3,(H,28,29,32). The molecular weight excluding hydrogens is 462 g/mol. The van der Waals surface area contributed by atoms with E-state index in [0.29, 0.717) is 42.3 Å². The number of aliphatic hydroxyl groups excluding tert-OH is 1. The highest BCUT2D eigenvalue weighted by molar-refractivity contribution is 7.17. The number of hydrogen-bond donors (Lipinski definition) is 2. The second-order valence-corrected chi connectivity index (χ2v) is 9.52. The number of rotatable bonds is 11. The molecule has 4 rings (SSSR count). The Labute approximate surface area is 209 Å². The van der Waals surface area contributed by atoms with Crippen LogP contribution >= 0.6 is 11.3 Å². The zero-order valence-corrected chi connectivity index (χ0v) is 21.1. The van der Waals surface area contributed by atoms with Crippen molar-refractivity contribution in [2.45, 2.75) is 26.5 Å². The first-order valence-electron chi connectivity index (χ1n) is 11.6. The maximum absolute atomic E-state index is 13.0. The molecule has 0 saturated carbocycles. The summed E-state index contributed by atoms with van der Waals surface area (Å²) in [6.45, 7) is 6.00. The quantitative estimate of drug-likeness (QED) is 0.326. The number of aliphatic hydroxyl groups is 1. The van der Waals surface area contributed by atoms with Crippen LogP contribution in [-0.2, 0) is 11.3 Å². The number of nitrogens with zero attached hydrogens (tertiary/aromatic N) is 2. The van der Waals surface area contributed by atoms with Crippen LogP contribution in [0.15, 0.2) is 58.7 Å². The molecule has 4 aromatic rings. The molecule has 0 aliphatic heterocycles. The van der Waals surface area contributed by atoms with Crippen LogP contribution in [0.1, 0.15) is 17.0 Å². The average molecular weight is 494 g/mol. The highest BCUT2D eigenvalue weighted by Crippen LogP contribution is 2.30. The fourth-order valence-electron chi connectivity index (χ4n) is 3.94. The molecular formula is C27H31N3O4S. The van der Waals surface area contributed by atoms with Crippen LogP contribution in [0, 0.1) is 13.8 Å². The van der Waals surface area contributed by atoms with Crippen LogP contribution in [0.25, 0.3) is 21.3 Å². The van der Waals surface area contributed by atoms with Crippen LogP contribution in [0.2, 0.25) is 0 Å². The Morgan fingerprint density at radius 1 is 1.14 bits per heavy atom. The van der Waals surface area contributed by atoms with E-state index in [0.717, 1.165) is 22.4 Å². The third-order valence-corrected chi connectivity index (χ3v) is 6.71. The predicted molar refractivity (Wildman–Crippen MR) is 140 cm³/mol. The second kappa shape index (κ2) is 11.6. The van der Waals surface area contributed by atoms with Crippen molar-refractivity contribution in [1.29, 1.82) is 0 Å². The number of aromatic nitrogens is 2. The van der Waals surface area contributed by atoms with Crippen LogP contribution < -0.4 is 10.3 Å². The molecule has 35 heavy (non-hydrogen) atoms. The Kier molecular flexibility index (Phi) is 8.30. The lowest BCUT2D eigenvalue weighted by atomic mass is 10.1. The van der Waals surface area contributed by atoms with Gasteiger partial charge in [0, 0.05) is 31.1 Å². The van der Waals surface area contributed by atoms with Gasteiger partial charge in [0.2, 0.25) is 0 Å². The van der Waals surface area contributed by atoms with Crippen molar-refractivity contribution in [3.8, 4) is 16.9 Å². The zero-order valence-electron chi connectivity index (χ0n) is 20.3. The normalized spacial score (nSPS) is 12.4. The number of fused-ring (bicyclic) bond motifs is 1. The molecule has 1 unspecified atom stereocenters. The van der Waals surface area contributed by atoms with Crippen LogP contribution in [0.5, 0.6) is 5.75 Å². The molecule has 0 aliphatic rings. The van der Waals surface area contributed by atoms with Crippen LogP contribution in [-0.4, -0.2) is 59.5 Å². The van der Waals surface area contributed by atoms with Gasteiger partial charge in [-0.3, -0.25) is 9.69 Å². The first-order chi connectivity index (χ1) is 16.9. The minimum absolute atomic E-state index is 0.156. The maximum atomic E-state index is 13.0. The average Bonchev–Trinajstić information content (AvgIpc) is 3.27. The molecule has 8 heteroatoms. The first-order valence-corrected chi connectivity index (χ1v) is 12.5. The summed E-state index contributed by atoms with van der Waals surface area (Å²) in [5.41, 5.74) is 3.93. The van der Waals surface area contributed by atoms with Gasteiger partial charge in [-0.15, -0.1) is 11.3 Å². The highest BCUT2D eigenvalue weighted by Gasteiger charge is 2.17. The van der Waals surface area contributed by atoms with Crippen molar-refractivity contribution in [2.24, 2.45) is 0 Å². The van der Waals surface area contributed by atoms with E-state index in [1.165, 1.54) is 16.9 Å². The summed E-state index contributed by atoms with van der Waals surface area (Å²) in [6.07, 6.45) is -0.711. The van der Waals surface area contributed by atoms with Gasteiger partial charge in [0.25, 0.3) is 5.56 Å². The van der Waals surface area contributed by atoms with E-state index in [2.05, 4.69) is 4.98 Å². The largest absolute Gasteiger partial charge is 0.491 e. The van der Waals surface area contributed by atoms with Crippen molar-refractivity contribution >= 4 is 21.6 Å². The molecule has 0 amide bonds. The Bertz CT molecular complexity index is 1320. The summed E-state index contributed by atoms with van der Waals surface area (Å²) in [6, 6.07) is 15.8. The van der Waals surface area contributed by atoms with Gasteiger partial charge >= 0.3 is 0 Å². The molecule has 7 nitrogen and oxygen atoms in total. The number of methoxy groups -OCH3 is 1. The van der Waals surface area contributed by atoms with Crippen molar-refractivity contribution < 1.29 is 14.6 Å². The lowest BCUT2D eigenvalue weighted by molar-refractivity contribution is 0.0531. The molecule has 1 atom stereocenters. The summed E-state index contributed by atoms with van der Waals surface area (Å²) in [4.78, 5) is 23.4. The van der Waals surface area contributed by atoms with E-state index in [1.54, 1.807) is 7.11 Å². The fraction of sp³-hybridized carbons (Fsp3) is 0.333. The number of H-pyrrole nitrogens is 1. The number of ether oxygens (including phenoxy) is 2. The number of hydrogen-bond acceptors (Lipinski definition) is 7. The molecule has 2 aromatic carbocycles. The molecule has 0 spiro atoms. The number of para-hydroxylation sites is 1. The van der Waals surface area contributed by atoms with Gasteiger partial charge in [-0.1, -0.05) is 48.0 Å². The molecule has 2 N–H and O–H groups in total. The van der Waals surface area contributed by atoms with Gasteiger partial charge in [-0.2, -0.15) is 0 Å². The molecule has 0 radical (unpaired) electrons. The van der Waals surface area contributed by atoms with E-state index >= 15 is 0 Å². The zero-order chi connectivity index (χ0) is 24.8. The van der Waals surface area contributed by atoms with E-state index in [1.807, 2.05) is 72.7 Å². The fourth-order valence-corrected chi connectivity index (χ4v) is 4.90. The number of aryl methyl sites for hydroxylation is 2. The highest BCUT2D eigenvalue weighted by atomic mass is 32.1. The lowest BCUT2D eigenvalue weighted by Gasteiger charge is -2.24. The number of aromatic amines is 1. The summed E-state index contributed by atoms with van der Waals surface area (Å²) >= 11 is 1.46. The van der Waals surface area contributed by atoms with Crippen molar-refractivity contribution in [3.63, 3.8) is 0 Å². The van der Waals surface area contributed by atoms with E-state index in [9.17, 15) is 9.90 Å². The number of nitrogens with one attached hydrogen (secondary N) is 1. The monoisotopic (exact) mass is 493 g/mol. The Morgan fingerprint density at radius 3 is 2.66 bits per heavy atom. The Balaban J connectivity index is 1.48. The third-order valence-electron chi connectivity index (χ3n) is 5.83. The van der Waals surface area contributed by atoms with Crippen molar-refractivity contribution in [3.05, 3.63) is 81.2 Å². The predicted octanol–water partition coefficient (Wildman–Crippen LogP) is 4.16. The summed E-state index contributed by atoms with van der Waals surface area (Å²) in [5.74, 6) is 1.32. The molecule has 184 valence electrons. The molecule has 0 saturated heterocycles. The van der Waals surface area contributed by atoms with E-state index in [4.69, 9.17) is 14.5 Å². The smallest absolute Gasteiger partial charge is 0.260 e. The summed E-state index contributed by atoms with van der Waals surface area (Å²) in [7, 11) is 1.64. The van der Waals surface area contributed by atoms with Gasteiger partial charge in [0.05, 0.1) is 18.5 Å². The Hall–Kier alpha value is -3.04. The topological polar surface area (TPSA) is 87.7 Å². The SMILES string of the molecule is COCCN(Cc1nc2scc(-c3ccc(C)cc3)c2c(=O)[nH]1)CC(O)COc1ccccc1C.